The lowest BCUT2D eigenvalue weighted by molar-refractivity contribution is 0.0957. The third kappa shape index (κ3) is 9.78. The molecule has 0 aromatic heterocycles. The van der Waals surface area contributed by atoms with E-state index in [2.05, 4.69) is 13.8 Å². The van der Waals surface area contributed by atoms with Crippen molar-refractivity contribution in [2.75, 3.05) is 13.2 Å². The molecule has 0 radical (unpaired) electrons. The maximum atomic E-state index is 9.85. The molecule has 24 heavy (non-hydrogen) atoms. The Balaban J connectivity index is 2.22. The zero-order chi connectivity index (χ0) is 17.6. The fourth-order valence-electron chi connectivity index (χ4n) is 2.44. The standard InChI is InChI=1S/C20H34O4/c1-3-5-7-9-17(21)15-23-19-11-13-20(14-12-19)24-16-18(22)10-8-6-4-2/h11-14,17-18,21-22H,3-10,15-16H2,1-2H3. The second kappa shape index (κ2) is 13.1. The van der Waals surface area contributed by atoms with Gasteiger partial charge >= 0.3 is 0 Å². The largest absolute Gasteiger partial charge is 0.491 e. The summed E-state index contributed by atoms with van der Waals surface area (Å²) in [5.41, 5.74) is 0. The fraction of sp³-hybridized carbons (Fsp3) is 0.700. The van der Waals surface area contributed by atoms with E-state index in [1.807, 2.05) is 24.3 Å². The van der Waals surface area contributed by atoms with Gasteiger partial charge in [0.15, 0.2) is 0 Å². The van der Waals surface area contributed by atoms with Crippen LogP contribution in [-0.4, -0.2) is 35.6 Å². The summed E-state index contributed by atoms with van der Waals surface area (Å²) in [7, 11) is 0. The summed E-state index contributed by atoms with van der Waals surface area (Å²) in [4.78, 5) is 0. The number of aliphatic hydroxyl groups excluding tert-OH is 2. The van der Waals surface area contributed by atoms with Crippen molar-refractivity contribution in [3.05, 3.63) is 24.3 Å². The average molecular weight is 338 g/mol. The van der Waals surface area contributed by atoms with Gasteiger partial charge in [-0.3, -0.25) is 0 Å². The SMILES string of the molecule is CCCCCC(O)COc1ccc(OCC(O)CCCCC)cc1. The summed E-state index contributed by atoms with van der Waals surface area (Å²) < 4.78 is 11.2. The molecular formula is C20H34O4. The average Bonchev–Trinajstić information content (AvgIpc) is 2.59. The zero-order valence-corrected chi connectivity index (χ0v) is 15.2. The highest BCUT2D eigenvalue weighted by atomic mass is 16.5. The summed E-state index contributed by atoms with van der Waals surface area (Å²) >= 11 is 0. The Bertz CT molecular complexity index is 366. The quantitative estimate of drug-likeness (QED) is 0.496. The molecule has 0 bridgehead atoms. The molecule has 1 aromatic rings. The van der Waals surface area contributed by atoms with Gasteiger partial charge in [0, 0.05) is 0 Å². The number of unbranched alkanes of at least 4 members (excludes halogenated alkanes) is 4. The monoisotopic (exact) mass is 338 g/mol. The second-order valence-electron chi connectivity index (χ2n) is 6.39. The minimum absolute atomic E-state index is 0.320. The van der Waals surface area contributed by atoms with Gasteiger partial charge in [0.1, 0.15) is 24.7 Å². The Labute approximate surface area is 146 Å². The normalized spacial score (nSPS) is 13.5. The van der Waals surface area contributed by atoms with Crippen LogP contribution in [0.25, 0.3) is 0 Å². The van der Waals surface area contributed by atoms with Crippen molar-refractivity contribution in [3.63, 3.8) is 0 Å². The van der Waals surface area contributed by atoms with Crippen LogP contribution < -0.4 is 9.47 Å². The molecule has 2 N–H and O–H groups in total. The highest BCUT2D eigenvalue weighted by Gasteiger charge is 2.07. The Morgan fingerprint density at radius 3 is 1.42 bits per heavy atom. The maximum Gasteiger partial charge on any atom is 0.119 e. The minimum Gasteiger partial charge on any atom is -0.491 e. The lowest BCUT2D eigenvalue weighted by Crippen LogP contribution is -2.18. The van der Waals surface area contributed by atoms with E-state index in [4.69, 9.17) is 9.47 Å². The Morgan fingerprint density at radius 2 is 1.08 bits per heavy atom. The van der Waals surface area contributed by atoms with Crippen LogP contribution in [0.15, 0.2) is 24.3 Å². The highest BCUT2D eigenvalue weighted by molar-refractivity contribution is 5.31. The van der Waals surface area contributed by atoms with Gasteiger partial charge in [0.2, 0.25) is 0 Å². The molecule has 1 rings (SSSR count). The van der Waals surface area contributed by atoms with Gasteiger partial charge in [0.25, 0.3) is 0 Å². The van der Waals surface area contributed by atoms with Gasteiger partial charge in [0.05, 0.1) is 12.2 Å². The van der Waals surface area contributed by atoms with Crippen molar-refractivity contribution in [1.82, 2.24) is 0 Å². The summed E-state index contributed by atoms with van der Waals surface area (Å²) in [6.07, 6.45) is 7.42. The number of hydrogen-bond acceptors (Lipinski definition) is 4. The van der Waals surface area contributed by atoms with Gasteiger partial charge in [-0.1, -0.05) is 52.4 Å². The number of rotatable bonds is 14. The minimum atomic E-state index is -0.411. The molecule has 2 unspecified atom stereocenters. The highest BCUT2D eigenvalue weighted by Crippen LogP contribution is 2.18. The van der Waals surface area contributed by atoms with E-state index in [-0.39, 0.29) is 0 Å². The Kier molecular flexibility index (Phi) is 11.3. The molecular weight excluding hydrogens is 304 g/mol. The van der Waals surface area contributed by atoms with Crippen LogP contribution in [0.1, 0.15) is 65.2 Å². The van der Waals surface area contributed by atoms with Crippen molar-refractivity contribution in [2.24, 2.45) is 0 Å². The Hall–Kier alpha value is -1.26. The van der Waals surface area contributed by atoms with Crippen LogP contribution in [0.2, 0.25) is 0 Å². The first-order valence-electron chi connectivity index (χ1n) is 9.37. The van der Waals surface area contributed by atoms with Gasteiger partial charge in [-0.25, -0.2) is 0 Å². The second-order valence-corrected chi connectivity index (χ2v) is 6.39. The first-order chi connectivity index (χ1) is 11.7. The van der Waals surface area contributed by atoms with Crippen LogP contribution in [0.3, 0.4) is 0 Å². The summed E-state index contributed by atoms with van der Waals surface area (Å²) in [6.45, 7) is 4.94. The number of hydrogen-bond donors (Lipinski definition) is 2. The van der Waals surface area contributed by atoms with E-state index in [9.17, 15) is 10.2 Å². The molecule has 0 spiro atoms. The van der Waals surface area contributed by atoms with E-state index >= 15 is 0 Å². The topological polar surface area (TPSA) is 58.9 Å². The van der Waals surface area contributed by atoms with Crippen LogP contribution >= 0.6 is 0 Å². The van der Waals surface area contributed by atoms with Crippen molar-refractivity contribution >= 4 is 0 Å². The summed E-state index contributed by atoms with van der Waals surface area (Å²) in [5, 5.41) is 19.7. The molecule has 0 saturated carbocycles. The van der Waals surface area contributed by atoms with Crippen LogP contribution in [0.4, 0.5) is 0 Å². The smallest absolute Gasteiger partial charge is 0.119 e. The van der Waals surface area contributed by atoms with E-state index in [1.54, 1.807) is 0 Å². The van der Waals surface area contributed by atoms with Gasteiger partial charge < -0.3 is 19.7 Å². The third-order valence-corrected chi connectivity index (χ3v) is 3.99. The molecule has 0 fully saturated rings. The van der Waals surface area contributed by atoms with Gasteiger partial charge in [-0.05, 0) is 37.1 Å². The molecule has 0 amide bonds. The van der Waals surface area contributed by atoms with Crippen molar-refractivity contribution in [3.8, 4) is 11.5 Å². The summed E-state index contributed by atoms with van der Waals surface area (Å²) in [6, 6.07) is 7.32. The van der Waals surface area contributed by atoms with Crippen LogP contribution in [0.5, 0.6) is 11.5 Å². The van der Waals surface area contributed by atoms with Crippen molar-refractivity contribution in [2.45, 2.75) is 77.4 Å². The number of ether oxygens (including phenoxy) is 2. The lowest BCUT2D eigenvalue weighted by Gasteiger charge is -2.14. The molecule has 1 aromatic carbocycles. The molecule has 0 aliphatic heterocycles. The van der Waals surface area contributed by atoms with E-state index < -0.39 is 12.2 Å². The van der Waals surface area contributed by atoms with Crippen molar-refractivity contribution < 1.29 is 19.7 Å². The maximum absolute atomic E-state index is 9.85. The molecule has 2 atom stereocenters. The Morgan fingerprint density at radius 1 is 0.708 bits per heavy atom. The predicted molar refractivity (Wildman–Crippen MR) is 97.7 cm³/mol. The number of aliphatic hydroxyl groups is 2. The van der Waals surface area contributed by atoms with Gasteiger partial charge in [-0.2, -0.15) is 0 Å². The molecule has 4 nitrogen and oxygen atoms in total. The first-order valence-corrected chi connectivity index (χ1v) is 9.37. The molecule has 0 aliphatic carbocycles. The number of benzene rings is 1. The van der Waals surface area contributed by atoms with E-state index in [0.29, 0.717) is 13.2 Å². The predicted octanol–water partition coefficient (Wildman–Crippen LogP) is 4.33. The van der Waals surface area contributed by atoms with E-state index in [1.165, 1.54) is 0 Å². The van der Waals surface area contributed by atoms with E-state index in [0.717, 1.165) is 62.9 Å². The fourth-order valence-corrected chi connectivity index (χ4v) is 2.44. The van der Waals surface area contributed by atoms with Crippen LogP contribution in [-0.2, 0) is 0 Å². The summed E-state index contributed by atoms with van der Waals surface area (Å²) in [5.74, 6) is 1.45. The molecule has 138 valence electrons. The zero-order valence-electron chi connectivity index (χ0n) is 15.2. The third-order valence-electron chi connectivity index (χ3n) is 3.99. The lowest BCUT2D eigenvalue weighted by atomic mass is 10.1. The molecule has 4 heteroatoms. The molecule has 0 saturated heterocycles. The first kappa shape index (κ1) is 20.8. The molecule has 0 aliphatic rings. The van der Waals surface area contributed by atoms with Crippen LogP contribution in [0, 0.1) is 0 Å². The van der Waals surface area contributed by atoms with Gasteiger partial charge in [-0.15, -0.1) is 0 Å². The van der Waals surface area contributed by atoms with Crippen molar-refractivity contribution in [1.29, 1.82) is 0 Å². The molecule has 0 heterocycles.